The summed E-state index contributed by atoms with van der Waals surface area (Å²) in [5.41, 5.74) is 3.54. The molecule has 0 aliphatic heterocycles. The maximum absolute atomic E-state index is 12.6. The van der Waals surface area contributed by atoms with Gasteiger partial charge in [0.25, 0.3) is 0 Å². The van der Waals surface area contributed by atoms with Gasteiger partial charge in [0.2, 0.25) is 0 Å². The minimum atomic E-state index is -1.58. The molecule has 0 saturated carbocycles. The van der Waals surface area contributed by atoms with E-state index in [0.717, 1.165) is 33.3 Å². The molecule has 0 bridgehead atoms. The molecule has 0 fully saturated rings. The van der Waals surface area contributed by atoms with Crippen LogP contribution in [0, 0.1) is 10.1 Å². The molecule has 2 aromatic carbocycles. The van der Waals surface area contributed by atoms with E-state index >= 15 is 0 Å². The van der Waals surface area contributed by atoms with E-state index < -0.39 is 5.66 Å². The van der Waals surface area contributed by atoms with Crippen molar-refractivity contribution in [3.05, 3.63) is 154 Å². The standard InChI is InChI=1S/C34H29N5O4/c1-42-33-21-31(43-24-30-5-2-3-15-35-30)13-12-29(33)11-9-27-19-26(7-6-25-8-10-28-14-17-36-32(28)20-25)22-34(23-27,39(40)41)38-18-4-16-37-38/h2-22,36H,23-24H2,1H3/b7-6+,11-9+. The highest BCUT2D eigenvalue weighted by atomic mass is 16.6. The minimum Gasteiger partial charge on any atom is -0.496 e. The summed E-state index contributed by atoms with van der Waals surface area (Å²) in [7, 11) is 1.60. The fourth-order valence-electron chi connectivity index (χ4n) is 5.09. The van der Waals surface area contributed by atoms with Gasteiger partial charge in [-0.1, -0.05) is 48.6 Å². The van der Waals surface area contributed by atoms with Crippen LogP contribution in [0.2, 0.25) is 0 Å². The van der Waals surface area contributed by atoms with Gasteiger partial charge < -0.3 is 14.5 Å². The maximum atomic E-state index is 12.6. The van der Waals surface area contributed by atoms with Crippen molar-refractivity contribution in [2.75, 3.05) is 7.11 Å². The molecular formula is C34H29N5O4. The van der Waals surface area contributed by atoms with Crippen LogP contribution in [0.1, 0.15) is 23.2 Å². The smallest absolute Gasteiger partial charge is 0.338 e. The van der Waals surface area contributed by atoms with Crippen LogP contribution in [0.15, 0.2) is 127 Å². The van der Waals surface area contributed by atoms with Crippen LogP contribution >= 0.6 is 0 Å². The maximum Gasteiger partial charge on any atom is 0.338 e. The molecule has 43 heavy (non-hydrogen) atoms. The van der Waals surface area contributed by atoms with Gasteiger partial charge in [-0.25, -0.2) is 0 Å². The van der Waals surface area contributed by atoms with Crippen LogP contribution in [-0.2, 0) is 12.3 Å². The average molecular weight is 572 g/mol. The van der Waals surface area contributed by atoms with Crippen molar-refractivity contribution >= 4 is 23.1 Å². The van der Waals surface area contributed by atoms with Crippen LogP contribution in [0.3, 0.4) is 0 Å². The number of hydrogen-bond acceptors (Lipinski definition) is 6. The van der Waals surface area contributed by atoms with Gasteiger partial charge in [0.1, 0.15) is 18.1 Å². The fraction of sp³-hybridized carbons (Fsp3) is 0.118. The summed E-state index contributed by atoms with van der Waals surface area (Å²) < 4.78 is 12.9. The zero-order chi connectivity index (χ0) is 29.6. The number of nitro groups is 1. The van der Waals surface area contributed by atoms with Crippen molar-refractivity contribution in [2.24, 2.45) is 0 Å². The Bertz CT molecular complexity index is 1870. The Balaban J connectivity index is 1.29. The number of fused-ring (bicyclic) bond motifs is 1. The molecule has 1 N–H and O–H groups in total. The summed E-state index contributed by atoms with van der Waals surface area (Å²) in [5, 5.41) is 18.0. The lowest BCUT2D eigenvalue weighted by Gasteiger charge is -2.26. The summed E-state index contributed by atoms with van der Waals surface area (Å²) in [6, 6.07) is 21.1. The molecular weight excluding hydrogens is 542 g/mol. The van der Waals surface area contributed by atoms with Crippen molar-refractivity contribution in [3.63, 3.8) is 0 Å². The summed E-state index contributed by atoms with van der Waals surface area (Å²) >= 11 is 0. The number of H-pyrrole nitrogens is 1. The van der Waals surface area contributed by atoms with E-state index in [-0.39, 0.29) is 11.3 Å². The van der Waals surface area contributed by atoms with E-state index in [1.54, 1.807) is 37.8 Å². The quantitative estimate of drug-likeness (QED) is 0.143. The van der Waals surface area contributed by atoms with Gasteiger partial charge in [0.05, 0.1) is 24.1 Å². The fourth-order valence-corrected chi connectivity index (χ4v) is 5.09. The molecule has 9 nitrogen and oxygen atoms in total. The number of pyridine rings is 1. The highest BCUT2D eigenvalue weighted by Gasteiger charge is 2.45. The summed E-state index contributed by atoms with van der Waals surface area (Å²) in [6.45, 7) is 0.337. The number of hydrogen-bond donors (Lipinski definition) is 1. The monoisotopic (exact) mass is 571 g/mol. The molecule has 1 aliphatic rings. The lowest BCUT2D eigenvalue weighted by molar-refractivity contribution is -0.587. The van der Waals surface area contributed by atoms with E-state index in [4.69, 9.17) is 9.47 Å². The number of nitrogens with zero attached hydrogens (tertiary/aromatic N) is 4. The molecule has 0 saturated heterocycles. The zero-order valence-corrected chi connectivity index (χ0v) is 23.5. The second kappa shape index (κ2) is 12.0. The lowest BCUT2D eigenvalue weighted by Crippen LogP contribution is -2.42. The van der Waals surface area contributed by atoms with Crippen molar-refractivity contribution < 1.29 is 14.4 Å². The predicted octanol–water partition coefficient (Wildman–Crippen LogP) is 6.96. The first kappa shape index (κ1) is 27.5. The minimum absolute atomic E-state index is 0.123. The first-order chi connectivity index (χ1) is 21.0. The second-order valence-electron chi connectivity index (χ2n) is 10.1. The number of aromatic nitrogens is 4. The number of nitrogens with one attached hydrogen (secondary N) is 1. The van der Waals surface area contributed by atoms with Crippen molar-refractivity contribution in [3.8, 4) is 11.5 Å². The largest absolute Gasteiger partial charge is 0.496 e. The highest BCUT2D eigenvalue weighted by molar-refractivity contribution is 5.82. The summed E-state index contributed by atoms with van der Waals surface area (Å²) in [6.07, 6.45) is 18.2. The first-order valence-corrected chi connectivity index (χ1v) is 13.7. The van der Waals surface area contributed by atoms with Crippen LogP contribution in [0.5, 0.6) is 11.5 Å². The normalized spacial score (nSPS) is 16.9. The van der Waals surface area contributed by atoms with E-state index in [1.165, 1.54) is 4.68 Å². The van der Waals surface area contributed by atoms with Gasteiger partial charge >= 0.3 is 5.66 Å². The Morgan fingerprint density at radius 1 is 1.05 bits per heavy atom. The Hall–Kier alpha value is -5.70. The third-order valence-corrected chi connectivity index (χ3v) is 7.27. The Labute approximate surface area is 248 Å². The first-order valence-electron chi connectivity index (χ1n) is 13.7. The molecule has 214 valence electrons. The van der Waals surface area contributed by atoms with Crippen molar-refractivity contribution in [1.29, 1.82) is 0 Å². The highest BCUT2D eigenvalue weighted by Crippen LogP contribution is 2.36. The van der Waals surface area contributed by atoms with Gasteiger partial charge in [-0.3, -0.25) is 15.1 Å². The molecule has 1 unspecified atom stereocenters. The van der Waals surface area contributed by atoms with Gasteiger partial charge in [0, 0.05) is 48.0 Å². The van der Waals surface area contributed by atoms with E-state index in [0.29, 0.717) is 23.7 Å². The summed E-state index contributed by atoms with van der Waals surface area (Å²) in [4.78, 5) is 19.8. The van der Waals surface area contributed by atoms with Crippen molar-refractivity contribution in [1.82, 2.24) is 19.7 Å². The van der Waals surface area contributed by atoms with Gasteiger partial charge in [0.15, 0.2) is 0 Å². The second-order valence-corrected chi connectivity index (χ2v) is 10.1. The van der Waals surface area contributed by atoms with Crippen LogP contribution in [0.4, 0.5) is 0 Å². The number of ether oxygens (including phenoxy) is 2. The van der Waals surface area contributed by atoms with Gasteiger partial charge in [-0.2, -0.15) is 9.78 Å². The Morgan fingerprint density at radius 2 is 1.98 bits per heavy atom. The van der Waals surface area contributed by atoms with Gasteiger partial charge in [-0.15, -0.1) is 0 Å². The summed E-state index contributed by atoms with van der Waals surface area (Å²) in [5.74, 6) is 1.27. The Morgan fingerprint density at radius 3 is 2.77 bits per heavy atom. The van der Waals surface area contributed by atoms with E-state index in [9.17, 15) is 10.1 Å². The number of benzene rings is 2. The van der Waals surface area contributed by atoms with Crippen LogP contribution < -0.4 is 9.47 Å². The molecule has 5 aromatic rings. The molecule has 3 aromatic heterocycles. The van der Waals surface area contributed by atoms with E-state index in [2.05, 4.69) is 15.1 Å². The molecule has 0 spiro atoms. The number of allylic oxidation sites excluding steroid dienone is 4. The van der Waals surface area contributed by atoms with Crippen molar-refractivity contribution in [2.45, 2.75) is 18.7 Å². The van der Waals surface area contributed by atoms with Crippen LogP contribution in [0.25, 0.3) is 23.1 Å². The molecule has 1 atom stereocenters. The third kappa shape index (κ3) is 6.01. The molecule has 3 heterocycles. The number of aromatic amines is 1. The molecule has 0 amide bonds. The lowest BCUT2D eigenvalue weighted by atomic mass is 9.89. The Kier molecular flexibility index (Phi) is 7.69. The topological polar surface area (TPSA) is 108 Å². The molecule has 0 radical (unpaired) electrons. The molecule has 6 rings (SSSR count). The average Bonchev–Trinajstić information content (AvgIpc) is 3.75. The number of methoxy groups -OCH3 is 1. The molecule has 9 heteroatoms. The SMILES string of the molecule is COc1cc(OCc2ccccn2)ccc1/C=C/C1=CC(/C=C/c2ccc3cc[nH]c3c2)=CC(n2cccn2)([N+](=O)[O-])C1. The van der Waals surface area contributed by atoms with Gasteiger partial charge in [-0.05, 0) is 64.6 Å². The third-order valence-electron chi connectivity index (χ3n) is 7.27. The predicted molar refractivity (Wildman–Crippen MR) is 166 cm³/mol. The van der Waals surface area contributed by atoms with E-state index in [1.807, 2.05) is 97.2 Å². The molecule has 1 aliphatic carbocycles. The number of rotatable bonds is 10. The van der Waals surface area contributed by atoms with Crippen LogP contribution in [-0.4, -0.2) is 31.8 Å². The zero-order valence-electron chi connectivity index (χ0n) is 23.5.